The van der Waals surface area contributed by atoms with Crippen molar-refractivity contribution in [2.75, 3.05) is 0 Å². The van der Waals surface area contributed by atoms with Crippen LogP contribution in [0, 0.1) is 0 Å². The number of amides is 1. The molecule has 0 aromatic heterocycles. The average Bonchev–Trinajstić information content (AvgIpc) is 2.68. The highest BCUT2D eigenvalue weighted by atomic mass is 16.5. The van der Waals surface area contributed by atoms with Gasteiger partial charge in [0.1, 0.15) is 23.9 Å². The topological polar surface area (TPSA) is 91.2 Å². The van der Waals surface area contributed by atoms with E-state index in [1.165, 1.54) is 18.3 Å². The second-order valence-corrected chi connectivity index (χ2v) is 5.71. The minimum absolute atomic E-state index is 0.0126. The van der Waals surface area contributed by atoms with Crippen LogP contribution in [0.5, 0.6) is 17.2 Å². The fraction of sp³-hybridized carbons (Fsp3) is 0.0476. The molecule has 136 valence electrons. The first-order valence-corrected chi connectivity index (χ1v) is 8.24. The third-order valence-electron chi connectivity index (χ3n) is 3.75. The van der Waals surface area contributed by atoms with E-state index in [2.05, 4.69) is 10.5 Å². The zero-order chi connectivity index (χ0) is 19.1. The number of carbonyl (C=O) groups is 1. The highest BCUT2D eigenvalue weighted by Gasteiger charge is 2.10. The molecule has 0 saturated carbocycles. The molecule has 0 aliphatic rings. The number of rotatable bonds is 6. The molecular formula is C21H18N2O4. The average molecular weight is 362 g/mol. The summed E-state index contributed by atoms with van der Waals surface area (Å²) in [6.45, 7) is 0.416. The van der Waals surface area contributed by atoms with Crippen molar-refractivity contribution in [1.82, 2.24) is 5.43 Å². The van der Waals surface area contributed by atoms with E-state index in [-0.39, 0.29) is 17.1 Å². The van der Waals surface area contributed by atoms with Crippen LogP contribution in [0.1, 0.15) is 21.5 Å². The molecule has 27 heavy (non-hydrogen) atoms. The zero-order valence-electron chi connectivity index (χ0n) is 14.4. The van der Waals surface area contributed by atoms with Crippen LogP contribution in [-0.2, 0) is 6.61 Å². The number of benzene rings is 3. The zero-order valence-corrected chi connectivity index (χ0v) is 14.4. The number of hydrazone groups is 1. The SMILES string of the molecule is O=C(N/N=C/c1ccccc1OCc1ccccc1)c1ccc(O)cc1O. The number of nitrogens with zero attached hydrogens (tertiary/aromatic N) is 1. The van der Waals surface area contributed by atoms with Crippen molar-refractivity contribution in [1.29, 1.82) is 0 Å². The summed E-state index contributed by atoms with van der Waals surface area (Å²) in [4.78, 5) is 12.1. The van der Waals surface area contributed by atoms with Crippen LogP contribution in [0.4, 0.5) is 0 Å². The maximum Gasteiger partial charge on any atom is 0.275 e. The summed E-state index contributed by atoms with van der Waals surface area (Å²) in [6.07, 6.45) is 1.47. The van der Waals surface area contributed by atoms with Gasteiger partial charge in [-0.3, -0.25) is 4.79 Å². The van der Waals surface area contributed by atoms with Gasteiger partial charge in [-0.05, 0) is 29.8 Å². The number of nitrogens with one attached hydrogen (secondary N) is 1. The van der Waals surface area contributed by atoms with Gasteiger partial charge in [-0.2, -0.15) is 5.10 Å². The van der Waals surface area contributed by atoms with Crippen molar-refractivity contribution in [3.8, 4) is 17.2 Å². The van der Waals surface area contributed by atoms with Crippen LogP contribution in [0.2, 0.25) is 0 Å². The van der Waals surface area contributed by atoms with Crippen molar-refractivity contribution >= 4 is 12.1 Å². The van der Waals surface area contributed by atoms with Crippen molar-refractivity contribution in [3.05, 3.63) is 89.5 Å². The molecule has 3 aromatic rings. The van der Waals surface area contributed by atoms with Gasteiger partial charge in [0.05, 0.1) is 11.8 Å². The third-order valence-corrected chi connectivity index (χ3v) is 3.75. The lowest BCUT2D eigenvalue weighted by molar-refractivity contribution is 0.0952. The van der Waals surface area contributed by atoms with Gasteiger partial charge in [-0.1, -0.05) is 42.5 Å². The first kappa shape index (κ1) is 18.0. The van der Waals surface area contributed by atoms with Gasteiger partial charge >= 0.3 is 0 Å². The minimum Gasteiger partial charge on any atom is -0.508 e. The Labute approximate surface area is 156 Å². The number of para-hydroxylation sites is 1. The highest BCUT2D eigenvalue weighted by Crippen LogP contribution is 2.22. The first-order chi connectivity index (χ1) is 13.1. The van der Waals surface area contributed by atoms with E-state index in [1.54, 1.807) is 0 Å². The molecule has 3 rings (SSSR count). The molecule has 0 aliphatic heterocycles. The van der Waals surface area contributed by atoms with E-state index in [0.29, 0.717) is 17.9 Å². The quantitative estimate of drug-likeness (QED) is 0.463. The van der Waals surface area contributed by atoms with Crippen LogP contribution in [0.3, 0.4) is 0 Å². The highest BCUT2D eigenvalue weighted by molar-refractivity contribution is 5.97. The van der Waals surface area contributed by atoms with Crippen molar-refractivity contribution < 1.29 is 19.7 Å². The second kappa shape index (κ2) is 8.53. The Hall–Kier alpha value is -3.80. The number of phenolic OH excluding ortho intramolecular Hbond substituents is 2. The molecule has 0 spiro atoms. The molecule has 0 unspecified atom stereocenters. The van der Waals surface area contributed by atoms with Gasteiger partial charge in [0, 0.05) is 11.6 Å². The van der Waals surface area contributed by atoms with Crippen LogP contribution >= 0.6 is 0 Å². The van der Waals surface area contributed by atoms with Crippen LogP contribution < -0.4 is 10.2 Å². The molecule has 0 heterocycles. The van der Waals surface area contributed by atoms with Gasteiger partial charge in [0.15, 0.2) is 0 Å². The molecule has 1 amide bonds. The molecule has 0 radical (unpaired) electrons. The predicted octanol–water partition coefficient (Wildman–Crippen LogP) is 3.44. The number of carbonyl (C=O) groups excluding carboxylic acids is 1. The molecular weight excluding hydrogens is 344 g/mol. The van der Waals surface area contributed by atoms with Gasteiger partial charge in [0.25, 0.3) is 5.91 Å². The van der Waals surface area contributed by atoms with Crippen LogP contribution in [0.15, 0.2) is 77.9 Å². The van der Waals surface area contributed by atoms with Gasteiger partial charge in [0.2, 0.25) is 0 Å². The van der Waals surface area contributed by atoms with E-state index in [9.17, 15) is 15.0 Å². The summed E-state index contributed by atoms with van der Waals surface area (Å²) < 4.78 is 5.83. The van der Waals surface area contributed by atoms with Gasteiger partial charge in [-0.15, -0.1) is 0 Å². The predicted molar refractivity (Wildman–Crippen MR) is 102 cm³/mol. The molecule has 6 nitrogen and oxygen atoms in total. The van der Waals surface area contributed by atoms with Crippen LogP contribution in [-0.4, -0.2) is 22.3 Å². The molecule has 3 aromatic carbocycles. The van der Waals surface area contributed by atoms with Gasteiger partial charge < -0.3 is 14.9 Å². The third kappa shape index (κ3) is 4.85. The van der Waals surface area contributed by atoms with Crippen LogP contribution in [0.25, 0.3) is 0 Å². The Morgan fingerprint density at radius 3 is 2.52 bits per heavy atom. The Morgan fingerprint density at radius 1 is 1.00 bits per heavy atom. The van der Waals surface area contributed by atoms with E-state index in [0.717, 1.165) is 11.6 Å². The fourth-order valence-electron chi connectivity index (χ4n) is 2.39. The molecule has 0 saturated heterocycles. The Bertz CT molecular complexity index is 955. The van der Waals surface area contributed by atoms with E-state index < -0.39 is 5.91 Å². The number of hydrogen-bond donors (Lipinski definition) is 3. The second-order valence-electron chi connectivity index (χ2n) is 5.71. The summed E-state index contributed by atoms with van der Waals surface area (Å²) in [5.74, 6) is -0.412. The summed E-state index contributed by atoms with van der Waals surface area (Å²) in [7, 11) is 0. The standard InChI is InChI=1S/C21H18N2O4/c24-17-10-11-18(19(25)12-17)21(26)23-22-13-16-8-4-5-9-20(16)27-14-15-6-2-1-3-7-15/h1-13,24-25H,14H2,(H,23,26)/b22-13+. The maximum absolute atomic E-state index is 12.1. The van der Waals surface area contributed by atoms with Crippen molar-refractivity contribution in [2.45, 2.75) is 6.61 Å². The Morgan fingerprint density at radius 2 is 1.74 bits per heavy atom. The Balaban J connectivity index is 1.65. The fourth-order valence-corrected chi connectivity index (χ4v) is 2.39. The molecule has 3 N–H and O–H groups in total. The minimum atomic E-state index is -0.591. The number of hydrogen-bond acceptors (Lipinski definition) is 5. The lowest BCUT2D eigenvalue weighted by atomic mass is 10.2. The first-order valence-electron chi connectivity index (χ1n) is 8.24. The number of aromatic hydroxyl groups is 2. The summed E-state index contributed by atoms with van der Waals surface area (Å²) in [5.41, 5.74) is 4.09. The van der Waals surface area contributed by atoms with Crippen molar-refractivity contribution in [2.24, 2.45) is 5.10 Å². The lowest BCUT2D eigenvalue weighted by Crippen LogP contribution is -2.17. The largest absolute Gasteiger partial charge is 0.508 e. The summed E-state index contributed by atoms with van der Waals surface area (Å²) in [6, 6.07) is 20.8. The van der Waals surface area contributed by atoms with E-state index in [4.69, 9.17) is 4.74 Å². The van der Waals surface area contributed by atoms with Crippen molar-refractivity contribution in [3.63, 3.8) is 0 Å². The lowest BCUT2D eigenvalue weighted by Gasteiger charge is -2.09. The smallest absolute Gasteiger partial charge is 0.275 e. The normalized spacial score (nSPS) is 10.7. The Kier molecular flexibility index (Phi) is 5.69. The molecule has 0 atom stereocenters. The molecule has 0 aliphatic carbocycles. The summed E-state index contributed by atoms with van der Waals surface area (Å²) >= 11 is 0. The maximum atomic E-state index is 12.1. The van der Waals surface area contributed by atoms with E-state index >= 15 is 0 Å². The van der Waals surface area contributed by atoms with E-state index in [1.807, 2.05) is 54.6 Å². The molecule has 0 bridgehead atoms. The molecule has 6 heteroatoms. The van der Waals surface area contributed by atoms with Gasteiger partial charge in [-0.25, -0.2) is 5.43 Å². The monoisotopic (exact) mass is 362 g/mol. The summed E-state index contributed by atoms with van der Waals surface area (Å²) in [5, 5.41) is 22.9. The number of ether oxygens (including phenoxy) is 1. The molecule has 0 fully saturated rings. The number of phenols is 2.